The number of nitrogens with one attached hydrogen (secondary N) is 4. The number of hydrogen-bond donors (Lipinski definition) is 4. The van der Waals surface area contributed by atoms with Gasteiger partial charge in [-0.1, -0.05) is 0 Å². The summed E-state index contributed by atoms with van der Waals surface area (Å²) in [4.78, 5) is 14.8. The van der Waals surface area contributed by atoms with Crippen LogP contribution in [0.5, 0.6) is 0 Å². The molecule has 0 bridgehead atoms. The molecule has 0 saturated heterocycles. The van der Waals surface area contributed by atoms with Crippen LogP contribution in [0, 0.1) is 17.6 Å². The topological polar surface area (TPSA) is 103 Å². The molecule has 8 nitrogen and oxygen atoms in total. The van der Waals surface area contributed by atoms with Crippen LogP contribution in [-0.2, 0) is 14.8 Å². The number of rotatable bonds is 4. The first-order valence-corrected chi connectivity index (χ1v) is 12.3. The van der Waals surface area contributed by atoms with Crippen LogP contribution in [0.3, 0.4) is 0 Å². The number of sulfonamides is 1. The van der Waals surface area contributed by atoms with Crippen molar-refractivity contribution in [2.45, 2.75) is 19.9 Å². The van der Waals surface area contributed by atoms with E-state index < -0.39 is 27.6 Å². The average molecular weight is 476 g/mol. The molecule has 174 valence electrons. The highest BCUT2D eigenvalue weighted by Gasteiger charge is 2.45. The van der Waals surface area contributed by atoms with Crippen LogP contribution in [-0.4, -0.2) is 39.2 Å². The molecular weight excluding hydrogens is 452 g/mol. The van der Waals surface area contributed by atoms with E-state index >= 15 is 0 Å². The van der Waals surface area contributed by atoms with E-state index in [1.807, 2.05) is 13.1 Å². The lowest BCUT2D eigenvalue weighted by atomic mass is 9.85. The summed E-state index contributed by atoms with van der Waals surface area (Å²) < 4.78 is 55.3. The molecule has 2 unspecified atom stereocenters. The SMILES string of the molecule is CCS(=O)(=O)NC1=CC2=C(NC1)N(c1ccc(F)cc1F)CC1=CNC(C)C3=C1C2C(=O)N3. The minimum absolute atomic E-state index is 0.0988. The number of carbonyl (C=O) groups excluding carboxylic acids is 1. The molecular formula is C22H23F2N5O3S. The van der Waals surface area contributed by atoms with Crippen molar-refractivity contribution in [3.8, 4) is 0 Å². The average Bonchev–Trinajstić information content (AvgIpc) is 3.04. The molecule has 0 aliphatic carbocycles. The number of allylic oxidation sites excluding steroid dienone is 1. The lowest BCUT2D eigenvalue weighted by Gasteiger charge is -2.32. The number of dihydropyridines is 2. The lowest BCUT2D eigenvalue weighted by Crippen LogP contribution is -2.42. The standard InChI is InChI=1S/C22H23F2N5O3S/c1-3-33(31,32)28-14-7-15-19-18-12(8-25-11(2)20(18)27-22(19)30)10-29(21(15)26-9-14)17-5-4-13(23)6-16(17)24/h4-8,11,19,25-26,28H,3,9-10H2,1-2H3,(H,27,30). The quantitative estimate of drug-likeness (QED) is 0.524. The van der Waals surface area contributed by atoms with Gasteiger partial charge in [-0.15, -0.1) is 0 Å². The highest BCUT2D eigenvalue weighted by Crippen LogP contribution is 2.43. The molecule has 33 heavy (non-hydrogen) atoms. The van der Waals surface area contributed by atoms with Crippen LogP contribution in [0.2, 0.25) is 0 Å². The van der Waals surface area contributed by atoms with Gasteiger partial charge in [0.05, 0.1) is 36.5 Å². The summed E-state index contributed by atoms with van der Waals surface area (Å²) in [5.41, 5.74) is 3.36. The number of hydrogen-bond acceptors (Lipinski definition) is 6. The van der Waals surface area contributed by atoms with Gasteiger partial charge in [0.1, 0.15) is 17.5 Å². The molecule has 1 aromatic carbocycles. The molecule has 0 fully saturated rings. The summed E-state index contributed by atoms with van der Waals surface area (Å²) in [6, 6.07) is 3.21. The van der Waals surface area contributed by atoms with Gasteiger partial charge in [0.15, 0.2) is 0 Å². The Hall–Kier alpha value is -3.34. The molecule has 4 N–H and O–H groups in total. The van der Waals surface area contributed by atoms with Gasteiger partial charge < -0.3 is 20.9 Å². The molecule has 4 aliphatic heterocycles. The number of amides is 1. The number of benzene rings is 1. The summed E-state index contributed by atoms with van der Waals surface area (Å²) in [6.45, 7) is 3.81. The van der Waals surface area contributed by atoms with Crippen molar-refractivity contribution in [2.24, 2.45) is 5.92 Å². The molecule has 11 heteroatoms. The molecule has 0 radical (unpaired) electrons. The first-order chi connectivity index (χ1) is 15.7. The zero-order valence-electron chi connectivity index (χ0n) is 18.0. The highest BCUT2D eigenvalue weighted by molar-refractivity contribution is 7.89. The van der Waals surface area contributed by atoms with Gasteiger partial charge >= 0.3 is 0 Å². The zero-order chi connectivity index (χ0) is 23.5. The van der Waals surface area contributed by atoms with E-state index in [0.29, 0.717) is 17.1 Å². The Morgan fingerprint density at radius 3 is 2.79 bits per heavy atom. The second kappa shape index (κ2) is 7.62. The fourth-order valence-electron chi connectivity index (χ4n) is 4.63. The van der Waals surface area contributed by atoms with E-state index in [1.165, 1.54) is 19.1 Å². The number of anilines is 1. The van der Waals surface area contributed by atoms with E-state index in [4.69, 9.17) is 0 Å². The van der Waals surface area contributed by atoms with Crippen molar-refractivity contribution in [3.05, 3.63) is 76.0 Å². The third kappa shape index (κ3) is 3.56. The molecule has 1 aromatic rings. The van der Waals surface area contributed by atoms with Crippen LogP contribution in [0.1, 0.15) is 13.8 Å². The Morgan fingerprint density at radius 1 is 1.27 bits per heavy atom. The first kappa shape index (κ1) is 21.5. The Kier molecular flexibility index (Phi) is 4.96. The van der Waals surface area contributed by atoms with Crippen molar-refractivity contribution in [3.63, 3.8) is 0 Å². The van der Waals surface area contributed by atoms with E-state index in [2.05, 4.69) is 20.7 Å². The summed E-state index contributed by atoms with van der Waals surface area (Å²) in [7, 11) is -3.53. The van der Waals surface area contributed by atoms with Gasteiger partial charge in [-0.25, -0.2) is 17.2 Å². The smallest absolute Gasteiger partial charge is 0.236 e. The van der Waals surface area contributed by atoms with E-state index in [0.717, 1.165) is 22.9 Å². The summed E-state index contributed by atoms with van der Waals surface area (Å²) in [6.07, 6.45) is 3.46. The molecule has 4 aliphatic rings. The van der Waals surface area contributed by atoms with Gasteiger partial charge in [0, 0.05) is 29.2 Å². The van der Waals surface area contributed by atoms with E-state index in [1.54, 1.807) is 11.0 Å². The Balaban J connectivity index is 1.71. The second-order valence-electron chi connectivity index (χ2n) is 8.32. The maximum atomic E-state index is 14.9. The van der Waals surface area contributed by atoms with Gasteiger partial charge in [0.25, 0.3) is 0 Å². The van der Waals surface area contributed by atoms with E-state index in [-0.39, 0.29) is 36.5 Å². The van der Waals surface area contributed by atoms with Gasteiger partial charge in [-0.3, -0.25) is 9.52 Å². The fraction of sp³-hybridized carbons (Fsp3) is 0.318. The van der Waals surface area contributed by atoms with Gasteiger partial charge in [0.2, 0.25) is 15.9 Å². The summed E-state index contributed by atoms with van der Waals surface area (Å²) in [5, 5.41) is 9.34. The van der Waals surface area contributed by atoms with E-state index in [9.17, 15) is 22.0 Å². The molecule has 0 saturated carbocycles. The van der Waals surface area contributed by atoms with Crippen molar-refractivity contribution in [1.29, 1.82) is 0 Å². The maximum Gasteiger partial charge on any atom is 0.236 e. The molecule has 0 aromatic heterocycles. The van der Waals surface area contributed by atoms with Crippen LogP contribution >= 0.6 is 0 Å². The van der Waals surface area contributed by atoms with Crippen molar-refractivity contribution >= 4 is 21.6 Å². The van der Waals surface area contributed by atoms with Crippen LogP contribution in [0.25, 0.3) is 0 Å². The predicted octanol–water partition coefficient (Wildman–Crippen LogP) is 1.30. The highest BCUT2D eigenvalue weighted by atomic mass is 32.2. The fourth-order valence-corrected chi connectivity index (χ4v) is 5.30. The third-order valence-corrected chi connectivity index (χ3v) is 7.54. The molecule has 2 atom stereocenters. The molecule has 4 heterocycles. The third-order valence-electron chi connectivity index (χ3n) is 6.21. The second-order valence-corrected chi connectivity index (χ2v) is 10.3. The molecule has 1 amide bonds. The molecule has 5 rings (SSSR count). The van der Waals surface area contributed by atoms with Crippen LogP contribution in [0.15, 0.2) is 64.4 Å². The van der Waals surface area contributed by atoms with Crippen molar-refractivity contribution in [2.75, 3.05) is 23.7 Å². The number of carbonyl (C=O) groups is 1. The van der Waals surface area contributed by atoms with Crippen LogP contribution < -0.4 is 25.6 Å². The summed E-state index contributed by atoms with van der Waals surface area (Å²) in [5.74, 6) is -2.01. The maximum absolute atomic E-state index is 14.9. The number of nitrogens with zero attached hydrogens (tertiary/aromatic N) is 1. The number of halogens is 2. The Labute approximate surface area is 190 Å². The number of fused-ring (bicyclic) bond motifs is 1. The first-order valence-electron chi connectivity index (χ1n) is 10.6. The Bertz CT molecular complexity index is 1300. The summed E-state index contributed by atoms with van der Waals surface area (Å²) >= 11 is 0. The minimum atomic E-state index is -3.53. The van der Waals surface area contributed by atoms with Gasteiger partial charge in [-0.05, 0) is 43.2 Å². The largest absolute Gasteiger partial charge is 0.383 e. The minimum Gasteiger partial charge on any atom is -0.383 e. The van der Waals surface area contributed by atoms with Gasteiger partial charge in [-0.2, -0.15) is 0 Å². The lowest BCUT2D eigenvalue weighted by molar-refractivity contribution is -0.121. The Morgan fingerprint density at radius 2 is 2.06 bits per heavy atom. The van der Waals surface area contributed by atoms with Crippen molar-refractivity contribution in [1.82, 2.24) is 20.7 Å². The monoisotopic (exact) mass is 475 g/mol. The van der Waals surface area contributed by atoms with Crippen LogP contribution in [0.4, 0.5) is 14.5 Å². The zero-order valence-corrected chi connectivity index (χ0v) is 18.8. The molecule has 0 spiro atoms. The van der Waals surface area contributed by atoms with Crippen molar-refractivity contribution < 1.29 is 22.0 Å². The normalized spacial score (nSPS) is 24.1. The predicted molar refractivity (Wildman–Crippen MR) is 119 cm³/mol.